The van der Waals surface area contributed by atoms with Gasteiger partial charge in [0.05, 0.1) is 39.9 Å². The SMILES string of the molecule is Nc1ncc(-c2cc3oc(C4CC4)nc3cc2Cl)cn1.O=C(Nc1ncc(-c2cc3oc(C4CC4)nc3cc2Cl)cn1)c1c(F)cncc1F.O=C(Nc1ncc(-c2cc3oc(C4CC4)nc3cc2Cl)cn1)c1c(F)cncc1F. The summed E-state index contributed by atoms with van der Waals surface area (Å²) in [6.07, 6.45) is 18.6. The van der Waals surface area contributed by atoms with E-state index in [1.54, 1.807) is 36.7 Å². The number of nitrogens with two attached hydrogens (primary N) is 1. The minimum absolute atomic E-state index is 0.118. The number of nitrogen functional groups attached to an aromatic ring is 1. The molecular weight excluding hydrogens is 1110 g/mol. The van der Waals surface area contributed by atoms with E-state index in [-0.39, 0.29) is 17.8 Å². The first-order valence-corrected chi connectivity index (χ1v) is 25.6. The van der Waals surface area contributed by atoms with Gasteiger partial charge < -0.3 is 19.0 Å². The summed E-state index contributed by atoms with van der Waals surface area (Å²) in [5, 5.41) is 6.00. The second-order valence-electron chi connectivity index (χ2n) is 18.7. The zero-order chi connectivity index (χ0) is 55.3. The number of nitrogens with one attached hydrogen (secondary N) is 2. The molecule has 3 aromatic carbocycles. The topological polar surface area (TPSA) is 265 Å². The highest BCUT2D eigenvalue weighted by Crippen LogP contribution is 2.44. The maximum atomic E-state index is 13.7. The van der Waals surface area contributed by atoms with Gasteiger partial charge in [-0.25, -0.2) is 62.4 Å². The third-order valence-electron chi connectivity index (χ3n) is 12.8. The van der Waals surface area contributed by atoms with Crippen molar-refractivity contribution in [1.82, 2.24) is 54.8 Å². The number of carbonyl (C=O) groups excluding carboxylic acids is 2. The van der Waals surface area contributed by atoms with Crippen LogP contribution in [-0.4, -0.2) is 66.6 Å². The lowest BCUT2D eigenvalue weighted by atomic mass is 10.1. The lowest BCUT2D eigenvalue weighted by Crippen LogP contribution is -2.17. The molecular formula is C54H35Cl3F4N14O5. The zero-order valence-electron chi connectivity index (χ0n) is 40.9. The Morgan fingerprint density at radius 2 is 0.738 bits per heavy atom. The first-order valence-electron chi connectivity index (χ1n) is 24.4. The van der Waals surface area contributed by atoms with Crippen LogP contribution in [0.15, 0.2) is 112 Å². The number of benzene rings is 3. The highest BCUT2D eigenvalue weighted by atomic mass is 35.5. The third kappa shape index (κ3) is 11.0. The van der Waals surface area contributed by atoms with Crippen LogP contribution in [0.1, 0.15) is 94.7 Å². The molecule has 400 valence electrons. The minimum atomic E-state index is -1.08. The Balaban J connectivity index is 0.000000122. The Bertz CT molecular complexity index is 3970. The summed E-state index contributed by atoms with van der Waals surface area (Å²) in [4.78, 5) is 68.5. The predicted octanol–water partition coefficient (Wildman–Crippen LogP) is 12.9. The lowest BCUT2D eigenvalue weighted by Gasteiger charge is -2.07. The maximum absolute atomic E-state index is 13.7. The number of aromatic nitrogens is 11. The van der Waals surface area contributed by atoms with E-state index in [2.05, 4.69) is 65.5 Å². The van der Waals surface area contributed by atoms with Gasteiger partial charge in [0.1, 0.15) is 27.7 Å². The molecule has 0 unspecified atom stereocenters. The zero-order valence-corrected chi connectivity index (χ0v) is 43.2. The van der Waals surface area contributed by atoms with Gasteiger partial charge in [0.15, 0.2) is 57.7 Å². The van der Waals surface area contributed by atoms with Crippen molar-refractivity contribution in [2.45, 2.75) is 56.3 Å². The summed E-state index contributed by atoms with van der Waals surface area (Å²) >= 11 is 19.1. The molecule has 8 aromatic heterocycles. The number of hydrogen-bond acceptors (Lipinski definition) is 17. The molecule has 2 amide bonds. The van der Waals surface area contributed by atoms with Gasteiger partial charge in [-0.1, -0.05) is 34.8 Å². The summed E-state index contributed by atoms with van der Waals surface area (Å²) in [6, 6.07) is 10.6. The van der Waals surface area contributed by atoms with E-state index >= 15 is 0 Å². The Kier molecular flexibility index (Phi) is 13.8. The molecule has 3 aliphatic carbocycles. The number of anilines is 3. The number of oxazole rings is 3. The third-order valence-corrected chi connectivity index (χ3v) is 13.7. The lowest BCUT2D eigenvalue weighted by molar-refractivity contribution is 0.100. The van der Waals surface area contributed by atoms with Crippen LogP contribution in [0.3, 0.4) is 0 Å². The van der Waals surface area contributed by atoms with Gasteiger partial charge in [-0.15, -0.1) is 0 Å². The van der Waals surface area contributed by atoms with Crippen LogP contribution in [-0.2, 0) is 0 Å². The average molecular weight is 1140 g/mol. The van der Waals surface area contributed by atoms with Gasteiger partial charge >= 0.3 is 0 Å². The van der Waals surface area contributed by atoms with E-state index in [4.69, 9.17) is 53.8 Å². The molecule has 0 radical (unpaired) electrons. The second-order valence-corrected chi connectivity index (χ2v) is 19.9. The van der Waals surface area contributed by atoms with Crippen LogP contribution in [0, 0.1) is 23.3 Å². The van der Waals surface area contributed by atoms with Gasteiger partial charge in [0, 0.05) is 88.3 Å². The van der Waals surface area contributed by atoms with Crippen LogP contribution in [0.2, 0.25) is 15.1 Å². The molecule has 8 heterocycles. The van der Waals surface area contributed by atoms with Gasteiger partial charge in [-0.05, 0) is 74.9 Å². The van der Waals surface area contributed by atoms with E-state index in [0.29, 0.717) is 89.1 Å². The summed E-state index contributed by atoms with van der Waals surface area (Å²) in [5.41, 5.74) is 12.1. The number of pyridine rings is 2. The minimum Gasteiger partial charge on any atom is -0.440 e. The van der Waals surface area contributed by atoms with Crippen molar-refractivity contribution in [3.8, 4) is 33.4 Å². The summed E-state index contributed by atoms with van der Waals surface area (Å²) in [6.45, 7) is 0. The fourth-order valence-corrected chi connectivity index (χ4v) is 9.00. The fraction of sp³-hybridized carbons (Fsp3) is 0.167. The monoisotopic (exact) mass is 1140 g/mol. The van der Waals surface area contributed by atoms with E-state index in [0.717, 1.165) is 91.4 Å². The van der Waals surface area contributed by atoms with Crippen molar-refractivity contribution in [3.05, 3.63) is 166 Å². The van der Waals surface area contributed by atoms with Crippen LogP contribution in [0.25, 0.3) is 66.7 Å². The van der Waals surface area contributed by atoms with Crippen LogP contribution < -0.4 is 16.4 Å². The Labute approximate surface area is 462 Å². The molecule has 11 aromatic rings. The summed E-state index contributed by atoms with van der Waals surface area (Å²) in [5.74, 6) is -2.91. The number of fused-ring (bicyclic) bond motifs is 3. The van der Waals surface area contributed by atoms with Crippen LogP contribution in [0.5, 0.6) is 0 Å². The molecule has 0 atom stereocenters. The summed E-state index contributed by atoms with van der Waals surface area (Å²) in [7, 11) is 0. The molecule has 3 saturated carbocycles. The van der Waals surface area contributed by atoms with Crippen molar-refractivity contribution in [2.24, 2.45) is 0 Å². The second kappa shape index (κ2) is 21.3. The molecule has 0 aliphatic heterocycles. The van der Waals surface area contributed by atoms with Crippen molar-refractivity contribution in [2.75, 3.05) is 16.4 Å². The molecule has 26 heteroatoms. The molecule has 80 heavy (non-hydrogen) atoms. The molecule has 19 nitrogen and oxygen atoms in total. The number of amides is 2. The number of halogens is 7. The predicted molar refractivity (Wildman–Crippen MR) is 285 cm³/mol. The van der Waals surface area contributed by atoms with Gasteiger partial charge in [-0.3, -0.25) is 30.2 Å². The van der Waals surface area contributed by atoms with Crippen LogP contribution >= 0.6 is 34.8 Å². The van der Waals surface area contributed by atoms with Crippen molar-refractivity contribution in [3.63, 3.8) is 0 Å². The fourth-order valence-electron chi connectivity index (χ4n) is 8.20. The molecule has 3 fully saturated rings. The number of carbonyl (C=O) groups is 2. The Morgan fingerprint density at radius 1 is 0.450 bits per heavy atom. The van der Waals surface area contributed by atoms with Crippen molar-refractivity contribution < 1.29 is 40.4 Å². The Morgan fingerprint density at radius 3 is 1.02 bits per heavy atom. The number of hydrogen-bond donors (Lipinski definition) is 3. The van der Waals surface area contributed by atoms with E-state index in [1.807, 2.05) is 12.1 Å². The van der Waals surface area contributed by atoms with Crippen molar-refractivity contribution in [1.29, 1.82) is 0 Å². The van der Waals surface area contributed by atoms with Crippen LogP contribution in [0.4, 0.5) is 35.4 Å². The quantitative estimate of drug-likeness (QED) is 0.107. The summed E-state index contributed by atoms with van der Waals surface area (Å²) < 4.78 is 72.2. The van der Waals surface area contributed by atoms with E-state index in [9.17, 15) is 27.2 Å². The van der Waals surface area contributed by atoms with Crippen molar-refractivity contribution >= 4 is 97.8 Å². The largest absolute Gasteiger partial charge is 0.440 e. The molecule has 0 saturated heterocycles. The normalized spacial score (nSPS) is 13.9. The van der Waals surface area contributed by atoms with E-state index < -0.39 is 46.2 Å². The first-order chi connectivity index (χ1) is 38.7. The van der Waals surface area contributed by atoms with E-state index in [1.165, 1.54) is 24.8 Å². The molecule has 0 spiro atoms. The molecule has 4 N–H and O–H groups in total. The molecule has 14 rings (SSSR count). The average Bonchev–Trinajstić information content (AvgIpc) is 4.56. The molecule has 3 aliphatic rings. The first kappa shape index (κ1) is 51.7. The van der Waals surface area contributed by atoms with Gasteiger partial charge in [0.2, 0.25) is 17.8 Å². The van der Waals surface area contributed by atoms with Gasteiger partial charge in [0.25, 0.3) is 11.8 Å². The number of nitrogens with zero attached hydrogens (tertiary/aromatic N) is 11. The highest BCUT2D eigenvalue weighted by Gasteiger charge is 2.31. The smallest absolute Gasteiger partial charge is 0.264 e. The molecule has 0 bridgehead atoms. The maximum Gasteiger partial charge on any atom is 0.264 e. The Hall–Kier alpha value is -9.06. The standard InChI is InChI=1S/2C20H12ClF2N5O2.C14H11ClN4O/c2*21-12-4-15-16(30-19(27-15)9-1-2-9)3-11(12)10-5-25-20(26-6-10)28-18(29)17-13(22)7-24-8-14(17)23;15-10-4-11-12(20-13(19-11)7-1-2-7)3-9(10)8-5-17-14(16)18-6-8/h2*3-9H,1-2H2,(H,25,26,28,29);3-7H,1-2H2,(H2,16,17,18). The van der Waals surface area contributed by atoms with Gasteiger partial charge in [-0.2, -0.15) is 0 Å². The number of rotatable bonds is 10. The highest BCUT2D eigenvalue weighted by molar-refractivity contribution is 6.35.